The van der Waals surface area contributed by atoms with Gasteiger partial charge in [0.1, 0.15) is 0 Å². The van der Waals surface area contributed by atoms with Crippen LogP contribution in [0.15, 0.2) is 54.6 Å². The summed E-state index contributed by atoms with van der Waals surface area (Å²) < 4.78 is 5.48. The molecule has 3 atom stereocenters. The third kappa shape index (κ3) is 3.61. The number of nitrogens with zero attached hydrogens (tertiary/aromatic N) is 1. The van der Waals surface area contributed by atoms with Gasteiger partial charge < -0.3 is 15.0 Å². The number of amides is 1. The number of rotatable bonds is 5. The van der Waals surface area contributed by atoms with Crippen molar-refractivity contribution in [3.8, 4) is 0 Å². The molecule has 1 fully saturated rings. The van der Waals surface area contributed by atoms with Crippen LogP contribution in [0.4, 0.5) is 11.4 Å². The summed E-state index contributed by atoms with van der Waals surface area (Å²) in [6.07, 6.45) is 2.20. The Bertz CT molecular complexity index is 863. The van der Waals surface area contributed by atoms with Gasteiger partial charge in [-0.3, -0.25) is 9.59 Å². The molecule has 0 aromatic heterocycles. The van der Waals surface area contributed by atoms with Gasteiger partial charge in [-0.25, -0.2) is 0 Å². The molecule has 1 amide bonds. The molecule has 5 nitrogen and oxygen atoms in total. The van der Waals surface area contributed by atoms with Gasteiger partial charge in [0, 0.05) is 37.2 Å². The van der Waals surface area contributed by atoms with Crippen molar-refractivity contribution in [1.29, 1.82) is 0 Å². The molecule has 1 saturated carbocycles. The minimum atomic E-state index is -0.291. The third-order valence-corrected chi connectivity index (χ3v) is 5.72. The van der Waals surface area contributed by atoms with Crippen molar-refractivity contribution in [2.75, 3.05) is 16.8 Å². The van der Waals surface area contributed by atoms with Crippen molar-refractivity contribution in [3.05, 3.63) is 60.2 Å². The molecule has 1 heterocycles. The van der Waals surface area contributed by atoms with Crippen LogP contribution >= 0.6 is 0 Å². The van der Waals surface area contributed by atoms with E-state index in [1.807, 2.05) is 53.4 Å². The van der Waals surface area contributed by atoms with Gasteiger partial charge in [0.2, 0.25) is 5.91 Å². The number of hydrogen-bond donors (Lipinski definition) is 1. The lowest BCUT2D eigenvalue weighted by molar-refractivity contribution is -0.142. The fourth-order valence-corrected chi connectivity index (χ4v) is 4.43. The number of ether oxygens (including phenoxy) is 1. The van der Waals surface area contributed by atoms with Crippen LogP contribution in [0.25, 0.3) is 0 Å². The fourth-order valence-electron chi connectivity index (χ4n) is 4.43. The first kappa shape index (κ1) is 18.5. The van der Waals surface area contributed by atoms with E-state index in [9.17, 15) is 9.59 Å². The smallest absolute Gasteiger partial charge is 0.302 e. The Morgan fingerprint density at radius 3 is 2.36 bits per heavy atom. The summed E-state index contributed by atoms with van der Waals surface area (Å²) in [5.74, 6) is 0.171. The molecule has 146 valence electrons. The summed E-state index contributed by atoms with van der Waals surface area (Å²) >= 11 is 0. The predicted molar refractivity (Wildman–Crippen MR) is 109 cm³/mol. The average Bonchev–Trinajstić information content (AvgIpc) is 3.52. The van der Waals surface area contributed by atoms with Crippen LogP contribution in [0.5, 0.6) is 0 Å². The monoisotopic (exact) mass is 378 g/mol. The third-order valence-electron chi connectivity index (χ3n) is 5.72. The van der Waals surface area contributed by atoms with E-state index in [0.717, 1.165) is 29.8 Å². The summed E-state index contributed by atoms with van der Waals surface area (Å²) in [6, 6.07) is 18.1. The Morgan fingerprint density at radius 2 is 1.71 bits per heavy atom. The molecule has 1 N–H and O–H groups in total. The molecule has 2 aromatic rings. The second-order valence-electron chi connectivity index (χ2n) is 7.73. The molecule has 1 aliphatic heterocycles. The molecule has 0 bridgehead atoms. The molecule has 1 aliphatic carbocycles. The van der Waals surface area contributed by atoms with Crippen molar-refractivity contribution in [1.82, 2.24) is 0 Å². The van der Waals surface area contributed by atoms with Crippen molar-refractivity contribution in [2.24, 2.45) is 11.8 Å². The summed E-state index contributed by atoms with van der Waals surface area (Å²) in [5, 5.41) is 3.65. The Labute approximate surface area is 165 Å². The maximum atomic E-state index is 12.7. The molecule has 28 heavy (non-hydrogen) atoms. The van der Waals surface area contributed by atoms with Crippen LogP contribution in [0, 0.1) is 11.8 Å². The maximum Gasteiger partial charge on any atom is 0.302 e. The van der Waals surface area contributed by atoms with Crippen molar-refractivity contribution in [3.63, 3.8) is 0 Å². The Balaban J connectivity index is 1.79. The number of para-hydroxylation sites is 2. The van der Waals surface area contributed by atoms with Gasteiger partial charge in [-0.2, -0.15) is 0 Å². The first-order valence-corrected chi connectivity index (χ1v) is 9.90. The van der Waals surface area contributed by atoms with E-state index in [0.29, 0.717) is 12.5 Å². The molecule has 5 heteroatoms. The minimum Gasteiger partial charge on any atom is -0.465 e. The SMILES string of the molecule is CC(=O)OCC1C(Nc2ccccc2)c2ccccc2N(C(C)=O)C1C1CC1. The normalized spacial score (nSPS) is 23.6. The van der Waals surface area contributed by atoms with Gasteiger partial charge in [0.05, 0.1) is 12.6 Å². The molecule has 2 aliphatic rings. The lowest BCUT2D eigenvalue weighted by Gasteiger charge is -2.46. The van der Waals surface area contributed by atoms with Gasteiger partial charge in [-0.1, -0.05) is 36.4 Å². The summed E-state index contributed by atoms with van der Waals surface area (Å²) in [4.78, 5) is 26.2. The van der Waals surface area contributed by atoms with E-state index in [1.165, 1.54) is 6.92 Å². The van der Waals surface area contributed by atoms with E-state index < -0.39 is 0 Å². The highest BCUT2D eigenvalue weighted by Crippen LogP contribution is 2.50. The number of benzene rings is 2. The van der Waals surface area contributed by atoms with Crippen LogP contribution in [0.3, 0.4) is 0 Å². The minimum absolute atomic E-state index is 0.0181. The highest BCUT2D eigenvalue weighted by Gasteiger charge is 2.49. The van der Waals surface area contributed by atoms with E-state index in [4.69, 9.17) is 4.74 Å². The Kier molecular flexibility index (Phi) is 5.07. The Hall–Kier alpha value is -2.82. The first-order valence-electron chi connectivity index (χ1n) is 9.90. The molecular weight excluding hydrogens is 352 g/mol. The zero-order valence-corrected chi connectivity index (χ0v) is 16.3. The van der Waals surface area contributed by atoms with Gasteiger partial charge in [0.25, 0.3) is 0 Å². The number of carbonyl (C=O) groups excluding carboxylic acids is 2. The van der Waals surface area contributed by atoms with Crippen LogP contribution in [-0.2, 0) is 14.3 Å². The summed E-state index contributed by atoms with van der Waals surface area (Å²) in [7, 11) is 0. The second kappa shape index (κ2) is 7.66. The standard InChI is InChI=1S/C23H26N2O3/c1-15(26)25-21-11-7-6-10-19(21)22(24-18-8-4-3-5-9-18)20(14-28-16(2)27)23(25)17-12-13-17/h3-11,17,20,22-24H,12-14H2,1-2H3. The number of nitrogens with one attached hydrogen (secondary N) is 1. The quantitative estimate of drug-likeness (QED) is 0.794. The first-order chi connectivity index (χ1) is 13.6. The second-order valence-corrected chi connectivity index (χ2v) is 7.73. The molecular formula is C23H26N2O3. The number of anilines is 2. The molecule has 0 saturated heterocycles. The summed E-state index contributed by atoms with van der Waals surface area (Å²) in [5.41, 5.74) is 3.04. The van der Waals surface area contributed by atoms with Gasteiger partial charge in [0.15, 0.2) is 0 Å². The lowest BCUT2D eigenvalue weighted by Crippen LogP contribution is -2.53. The molecule has 3 unspecified atom stereocenters. The van der Waals surface area contributed by atoms with Crippen molar-refractivity contribution < 1.29 is 14.3 Å². The Morgan fingerprint density at radius 1 is 1.04 bits per heavy atom. The van der Waals surface area contributed by atoms with E-state index in [1.54, 1.807) is 6.92 Å². The zero-order chi connectivity index (χ0) is 19.7. The van der Waals surface area contributed by atoms with Gasteiger partial charge in [-0.15, -0.1) is 0 Å². The van der Waals surface area contributed by atoms with Crippen molar-refractivity contribution in [2.45, 2.75) is 38.8 Å². The van der Waals surface area contributed by atoms with Crippen LogP contribution in [0.2, 0.25) is 0 Å². The zero-order valence-electron chi connectivity index (χ0n) is 16.3. The average molecular weight is 378 g/mol. The molecule has 0 radical (unpaired) electrons. The molecule has 2 aromatic carbocycles. The molecule has 0 spiro atoms. The van der Waals surface area contributed by atoms with Crippen molar-refractivity contribution >= 4 is 23.3 Å². The van der Waals surface area contributed by atoms with Crippen LogP contribution in [-0.4, -0.2) is 24.5 Å². The van der Waals surface area contributed by atoms with E-state index in [2.05, 4.69) is 11.4 Å². The fraction of sp³-hybridized carbons (Fsp3) is 0.391. The van der Waals surface area contributed by atoms with Gasteiger partial charge in [-0.05, 0) is 42.5 Å². The summed E-state index contributed by atoms with van der Waals surface area (Å²) in [6.45, 7) is 3.35. The predicted octanol–water partition coefficient (Wildman–Crippen LogP) is 4.16. The number of esters is 1. The van der Waals surface area contributed by atoms with E-state index in [-0.39, 0.29) is 29.9 Å². The van der Waals surface area contributed by atoms with Crippen LogP contribution in [0.1, 0.15) is 38.3 Å². The lowest BCUT2D eigenvalue weighted by atomic mass is 9.79. The topological polar surface area (TPSA) is 58.6 Å². The number of fused-ring (bicyclic) bond motifs is 1. The van der Waals surface area contributed by atoms with Gasteiger partial charge >= 0.3 is 5.97 Å². The molecule has 4 rings (SSSR count). The van der Waals surface area contributed by atoms with Crippen LogP contribution < -0.4 is 10.2 Å². The highest BCUT2D eigenvalue weighted by molar-refractivity contribution is 5.94. The maximum absolute atomic E-state index is 12.7. The largest absolute Gasteiger partial charge is 0.465 e. The highest BCUT2D eigenvalue weighted by atomic mass is 16.5. The number of hydrogen-bond acceptors (Lipinski definition) is 4. The number of carbonyl (C=O) groups is 2. The van der Waals surface area contributed by atoms with E-state index >= 15 is 0 Å².